The Labute approximate surface area is 112 Å². The maximum absolute atomic E-state index is 6.33. The van der Waals surface area contributed by atoms with Crippen molar-refractivity contribution >= 4 is 0 Å². The van der Waals surface area contributed by atoms with E-state index in [4.69, 9.17) is 11.2 Å². The van der Waals surface area contributed by atoms with Crippen molar-refractivity contribution in [1.82, 2.24) is 5.32 Å². The van der Waals surface area contributed by atoms with Crippen LogP contribution in [0.25, 0.3) is 0 Å². The molecule has 0 radical (unpaired) electrons. The van der Waals surface area contributed by atoms with Crippen molar-refractivity contribution in [2.75, 3.05) is 6.54 Å². The molecule has 2 nitrogen and oxygen atoms in total. The molecular formula is C16H27NO. The van der Waals surface area contributed by atoms with Crippen LogP contribution >= 0.6 is 0 Å². The van der Waals surface area contributed by atoms with Crippen LogP contribution < -0.4 is 5.32 Å². The van der Waals surface area contributed by atoms with Gasteiger partial charge in [-0.25, -0.2) is 0 Å². The summed E-state index contributed by atoms with van der Waals surface area (Å²) in [5.41, 5.74) is 0.237. The number of hydrogen-bond donors (Lipinski definition) is 1. The third-order valence-electron chi connectivity index (χ3n) is 4.47. The van der Waals surface area contributed by atoms with Gasteiger partial charge in [0.15, 0.2) is 0 Å². The summed E-state index contributed by atoms with van der Waals surface area (Å²) in [6.45, 7) is 3.10. The summed E-state index contributed by atoms with van der Waals surface area (Å²) < 4.78 is 6.33. The van der Waals surface area contributed by atoms with Gasteiger partial charge in [-0.15, -0.1) is 6.42 Å². The van der Waals surface area contributed by atoms with Crippen LogP contribution in [0.2, 0.25) is 0 Å². The summed E-state index contributed by atoms with van der Waals surface area (Å²) in [6.07, 6.45) is 17.2. The third-order valence-corrected chi connectivity index (χ3v) is 4.47. The Morgan fingerprint density at radius 3 is 2.78 bits per heavy atom. The lowest BCUT2D eigenvalue weighted by molar-refractivity contribution is -0.0626. The van der Waals surface area contributed by atoms with Gasteiger partial charge in [0, 0.05) is 6.54 Å². The zero-order valence-corrected chi connectivity index (χ0v) is 11.7. The van der Waals surface area contributed by atoms with Crippen molar-refractivity contribution in [3.63, 3.8) is 0 Å². The van der Waals surface area contributed by atoms with Gasteiger partial charge in [-0.1, -0.05) is 38.5 Å². The lowest BCUT2D eigenvalue weighted by Crippen LogP contribution is -2.37. The summed E-state index contributed by atoms with van der Waals surface area (Å²) in [5.74, 6) is 2.83. The minimum absolute atomic E-state index is 0.224. The average molecular weight is 249 g/mol. The lowest BCUT2D eigenvalue weighted by Gasteiger charge is -2.33. The Morgan fingerprint density at radius 1 is 1.33 bits per heavy atom. The number of nitrogens with one attached hydrogen (secondary N) is 1. The van der Waals surface area contributed by atoms with E-state index in [9.17, 15) is 0 Å². The van der Waals surface area contributed by atoms with E-state index in [1.165, 1.54) is 44.9 Å². The Balaban J connectivity index is 1.74. The van der Waals surface area contributed by atoms with Crippen LogP contribution in [-0.4, -0.2) is 24.3 Å². The molecule has 0 aromatic carbocycles. The molecule has 1 aliphatic carbocycles. The molecule has 2 fully saturated rings. The highest BCUT2D eigenvalue weighted by Crippen LogP contribution is 2.41. The standard InChI is InChI=1S/C16H27NO/c1-3-8-14(4-2)17-13-15-9-12-16(18-15)10-6-5-7-11-16/h2,14-15,17H,3,5-13H2,1H3. The lowest BCUT2D eigenvalue weighted by atomic mass is 9.83. The van der Waals surface area contributed by atoms with Crippen LogP contribution in [0.15, 0.2) is 0 Å². The van der Waals surface area contributed by atoms with Crippen LogP contribution in [0.5, 0.6) is 0 Å². The summed E-state index contributed by atoms with van der Waals surface area (Å²) in [6, 6.07) is 0.224. The van der Waals surface area contributed by atoms with Gasteiger partial charge in [0.1, 0.15) is 0 Å². The molecule has 2 unspecified atom stereocenters. The van der Waals surface area contributed by atoms with Crippen molar-refractivity contribution in [2.45, 2.75) is 82.5 Å². The number of terminal acetylenes is 1. The molecule has 2 aliphatic rings. The van der Waals surface area contributed by atoms with E-state index in [-0.39, 0.29) is 11.6 Å². The predicted octanol–water partition coefficient (Wildman–Crippen LogP) is 3.26. The molecule has 1 heterocycles. The fourth-order valence-corrected chi connectivity index (χ4v) is 3.41. The third kappa shape index (κ3) is 3.49. The minimum atomic E-state index is 0.224. The van der Waals surface area contributed by atoms with E-state index in [1.807, 2.05) is 0 Å². The quantitative estimate of drug-likeness (QED) is 0.755. The van der Waals surface area contributed by atoms with Crippen molar-refractivity contribution < 1.29 is 4.74 Å². The zero-order chi connectivity index (χ0) is 12.8. The molecular weight excluding hydrogens is 222 g/mol. The molecule has 102 valence electrons. The average Bonchev–Trinajstić information content (AvgIpc) is 2.78. The van der Waals surface area contributed by atoms with Gasteiger partial charge in [-0.05, 0) is 32.1 Å². The smallest absolute Gasteiger partial charge is 0.0708 e. The van der Waals surface area contributed by atoms with Crippen LogP contribution in [-0.2, 0) is 4.74 Å². The van der Waals surface area contributed by atoms with E-state index < -0.39 is 0 Å². The minimum Gasteiger partial charge on any atom is -0.370 e. The van der Waals surface area contributed by atoms with Gasteiger partial charge >= 0.3 is 0 Å². The van der Waals surface area contributed by atoms with E-state index >= 15 is 0 Å². The monoisotopic (exact) mass is 249 g/mol. The number of rotatable bonds is 5. The fraction of sp³-hybridized carbons (Fsp3) is 0.875. The van der Waals surface area contributed by atoms with Gasteiger partial charge < -0.3 is 10.1 Å². The molecule has 0 aromatic heterocycles. The molecule has 2 atom stereocenters. The van der Waals surface area contributed by atoms with Gasteiger partial charge in [-0.3, -0.25) is 0 Å². The largest absolute Gasteiger partial charge is 0.370 e. The normalized spacial score (nSPS) is 28.1. The van der Waals surface area contributed by atoms with Gasteiger partial charge in [0.25, 0.3) is 0 Å². The highest BCUT2D eigenvalue weighted by molar-refractivity contribution is 4.99. The maximum Gasteiger partial charge on any atom is 0.0708 e. The molecule has 1 saturated carbocycles. The fourth-order valence-electron chi connectivity index (χ4n) is 3.41. The van der Waals surface area contributed by atoms with Crippen molar-refractivity contribution in [3.05, 3.63) is 0 Å². The van der Waals surface area contributed by atoms with Crippen molar-refractivity contribution in [2.24, 2.45) is 0 Å². The van der Waals surface area contributed by atoms with Crippen LogP contribution in [0.1, 0.15) is 64.7 Å². The Hall–Kier alpha value is -0.520. The molecule has 1 spiro atoms. The molecule has 1 N–H and O–H groups in total. The maximum atomic E-state index is 6.33. The Kier molecular flexibility index (Phi) is 5.09. The topological polar surface area (TPSA) is 21.3 Å². The molecule has 0 bridgehead atoms. The van der Waals surface area contributed by atoms with Crippen LogP contribution in [0.4, 0.5) is 0 Å². The van der Waals surface area contributed by atoms with E-state index in [2.05, 4.69) is 18.2 Å². The number of hydrogen-bond acceptors (Lipinski definition) is 2. The van der Waals surface area contributed by atoms with Crippen molar-refractivity contribution in [3.8, 4) is 12.3 Å². The van der Waals surface area contributed by atoms with Gasteiger partial charge in [0.05, 0.1) is 17.7 Å². The summed E-state index contributed by atoms with van der Waals surface area (Å²) >= 11 is 0. The highest BCUT2D eigenvalue weighted by Gasteiger charge is 2.40. The first-order valence-electron chi connectivity index (χ1n) is 7.65. The van der Waals surface area contributed by atoms with Crippen molar-refractivity contribution in [1.29, 1.82) is 0 Å². The molecule has 0 amide bonds. The summed E-state index contributed by atoms with van der Waals surface area (Å²) in [4.78, 5) is 0. The molecule has 18 heavy (non-hydrogen) atoms. The Morgan fingerprint density at radius 2 is 2.11 bits per heavy atom. The highest BCUT2D eigenvalue weighted by atomic mass is 16.5. The first-order chi connectivity index (χ1) is 8.78. The molecule has 2 rings (SSSR count). The first kappa shape index (κ1) is 13.9. The van der Waals surface area contributed by atoms with Crippen LogP contribution in [0.3, 0.4) is 0 Å². The summed E-state index contributed by atoms with van der Waals surface area (Å²) in [7, 11) is 0. The second kappa shape index (κ2) is 6.59. The zero-order valence-electron chi connectivity index (χ0n) is 11.7. The van der Waals surface area contributed by atoms with Gasteiger partial charge in [-0.2, -0.15) is 0 Å². The van der Waals surface area contributed by atoms with Gasteiger partial charge in [0.2, 0.25) is 0 Å². The number of ether oxygens (including phenoxy) is 1. The SMILES string of the molecule is C#CC(CCC)NCC1CCC2(CCCCC2)O1. The van der Waals surface area contributed by atoms with Crippen LogP contribution in [0, 0.1) is 12.3 Å². The van der Waals surface area contributed by atoms with E-state index in [0.29, 0.717) is 6.10 Å². The first-order valence-corrected chi connectivity index (χ1v) is 7.65. The van der Waals surface area contributed by atoms with E-state index in [1.54, 1.807) is 0 Å². The molecule has 2 heteroatoms. The predicted molar refractivity (Wildman–Crippen MR) is 75.5 cm³/mol. The summed E-state index contributed by atoms with van der Waals surface area (Å²) in [5, 5.41) is 3.47. The second-order valence-corrected chi connectivity index (χ2v) is 5.94. The molecule has 1 aliphatic heterocycles. The molecule has 0 aromatic rings. The Bertz CT molecular complexity index is 288. The van der Waals surface area contributed by atoms with E-state index in [0.717, 1.165) is 19.4 Å². The molecule has 1 saturated heterocycles. The second-order valence-electron chi connectivity index (χ2n) is 5.94.